The maximum atomic E-state index is 12.0. The van der Waals surface area contributed by atoms with E-state index in [9.17, 15) is 4.79 Å². The zero-order valence-electron chi connectivity index (χ0n) is 10.8. The number of nitrogens with one attached hydrogen (secondary N) is 1. The molecule has 0 atom stereocenters. The van der Waals surface area contributed by atoms with Crippen LogP contribution in [0, 0.1) is 0 Å². The van der Waals surface area contributed by atoms with E-state index in [0.29, 0.717) is 11.4 Å². The van der Waals surface area contributed by atoms with E-state index in [1.807, 2.05) is 18.2 Å². The van der Waals surface area contributed by atoms with E-state index in [4.69, 9.17) is 4.74 Å². The van der Waals surface area contributed by atoms with Crippen molar-refractivity contribution in [3.63, 3.8) is 0 Å². The van der Waals surface area contributed by atoms with Gasteiger partial charge in [-0.1, -0.05) is 6.07 Å². The molecule has 2 rings (SSSR count). The first-order valence-electron chi connectivity index (χ1n) is 5.80. The Morgan fingerprint density at radius 3 is 2.53 bits per heavy atom. The van der Waals surface area contributed by atoms with E-state index in [1.165, 1.54) is 0 Å². The summed E-state index contributed by atoms with van der Waals surface area (Å²) in [6.07, 6.45) is 1.67. The fourth-order valence-corrected chi connectivity index (χ4v) is 1.57. The maximum absolute atomic E-state index is 12.0. The normalized spacial score (nSPS) is 9.79. The SMILES string of the molecule is COc1ccc(C(=O)NN(C)c2ccccn2)cc1. The van der Waals surface area contributed by atoms with E-state index in [0.717, 1.165) is 5.75 Å². The van der Waals surface area contributed by atoms with Crippen LogP contribution in [0.1, 0.15) is 10.4 Å². The van der Waals surface area contributed by atoms with E-state index < -0.39 is 0 Å². The molecule has 0 aliphatic rings. The molecule has 0 aliphatic heterocycles. The van der Waals surface area contributed by atoms with Crippen LogP contribution in [0.15, 0.2) is 48.7 Å². The summed E-state index contributed by atoms with van der Waals surface area (Å²) in [4.78, 5) is 16.2. The van der Waals surface area contributed by atoms with Crippen LogP contribution in [0.3, 0.4) is 0 Å². The molecule has 0 aliphatic carbocycles. The van der Waals surface area contributed by atoms with E-state index in [2.05, 4.69) is 10.4 Å². The van der Waals surface area contributed by atoms with Crippen LogP contribution in [-0.2, 0) is 0 Å². The van der Waals surface area contributed by atoms with Crippen molar-refractivity contribution in [1.82, 2.24) is 10.4 Å². The minimum Gasteiger partial charge on any atom is -0.497 e. The minimum atomic E-state index is -0.198. The van der Waals surface area contributed by atoms with Gasteiger partial charge in [0.05, 0.1) is 7.11 Å². The van der Waals surface area contributed by atoms with Gasteiger partial charge in [0.25, 0.3) is 5.91 Å². The summed E-state index contributed by atoms with van der Waals surface area (Å²) < 4.78 is 5.05. The zero-order chi connectivity index (χ0) is 13.7. The van der Waals surface area contributed by atoms with Gasteiger partial charge in [0.15, 0.2) is 0 Å². The Labute approximate surface area is 111 Å². The van der Waals surface area contributed by atoms with Gasteiger partial charge in [0.2, 0.25) is 0 Å². The van der Waals surface area contributed by atoms with Gasteiger partial charge >= 0.3 is 0 Å². The number of carbonyl (C=O) groups excluding carboxylic acids is 1. The largest absolute Gasteiger partial charge is 0.497 e. The fourth-order valence-electron chi connectivity index (χ4n) is 1.57. The number of hydrazine groups is 1. The molecule has 98 valence electrons. The highest BCUT2D eigenvalue weighted by atomic mass is 16.5. The summed E-state index contributed by atoms with van der Waals surface area (Å²) in [5.74, 6) is 1.19. The predicted molar refractivity (Wildman–Crippen MR) is 73.1 cm³/mol. The van der Waals surface area contributed by atoms with Crippen molar-refractivity contribution in [2.24, 2.45) is 0 Å². The second-order valence-corrected chi connectivity index (χ2v) is 3.92. The quantitative estimate of drug-likeness (QED) is 0.850. The first kappa shape index (κ1) is 12.9. The third kappa shape index (κ3) is 3.22. The van der Waals surface area contributed by atoms with Crippen molar-refractivity contribution in [2.75, 3.05) is 19.2 Å². The third-order valence-corrected chi connectivity index (χ3v) is 2.61. The number of methoxy groups -OCH3 is 1. The molecule has 1 aromatic heterocycles. The molecular formula is C14H15N3O2. The molecule has 1 aromatic carbocycles. The molecule has 0 saturated carbocycles. The van der Waals surface area contributed by atoms with E-state index in [1.54, 1.807) is 49.6 Å². The number of pyridine rings is 1. The van der Waals surface area contributed by atoms with Crippen molar-refractivity contribution in [3.8, 4) is 5.75 Å². The molecule has 0 bridgehead atoms. The first-order valence-corrected chi connectivity index (χ1v) is 5.80. The summed E-state index contributed by atoms with van der Waals surface area (Å²) in [6, 6.07) is 12.4. The van der Waals surface area contributed by atoms with Crippen molar-refractivity contribution in [1.29, 1.82) is 0 Å². The summed E-state index contributed by atoms with van der Waals surface area (Å²) >= 11 is 0. The number of anilines is 1. The second kappa shape index (κ2) is 5.86. The molecule has 1 amide bonds. The molecule has 0 radical (unpaired) electrons. The number of rotatable bonds is 4. The van der Waals surface area contributed by atoms with Crippen molar-refractivity contribution < 1.29 is 9.53 Å². The number of hydrogen-bond acceptors (Lipinski definition) is 4. The number of amides is 1. The number of ether oxygens (including phenoxy) is 1. The molecule has 2 aromatic rings. The average molecular weight is 257 g/mol. The lowest BCUT2D eigenvalue weighted by Crippen LogP contribution is -2.39. The smallest absolute Gasteiger partial charge is 0.269 e. The van der Waals surface area contributed by atoms with Crippen molar-refractivity contribution in [2.45, 2.75) is 0 Å². The molecule has 0 spiro atoms. The summed E-state index contributed by atoms with van der Waals surface area (Å²) in [5.41, 5.74) is 3.30. The lowest BCUT2D eigenvalue weighted by molar-refractivity contribution is 0.0951. The topological polar surface area (TPSA) is 54.5 Å². The lowest BCUT2D eigenvalue weighted by atomic mass is 10.2. The zero-order valence-corrected chi connectivity index (χ0v) is 10.8. The Kier molecular flexibility index (Phi) is 3.97. The van der Waals surface area contributed by atoms with E-state index >= 15 is 0 Å². The Hall–Kier alpha value is -2.56. The number of carbonyl (C=O) groups is 1. The monoisotopic (exact) mass is 257 g/mol. The van der Waals surface area contributed by atoms with Gasteiger partial charge in [-0.05, 0) is 36.4 Å². The summed E-state index contributed by atoms with van der Waals surface area (Å²) in [6.45, 7) is 0. The van der Waals surface area contributed by atoms with Gasteiger partial charge in [0, 0.05) is 18.8 Å². The maximum Gasteiger partial charge on any atom is 0.269 e. The fraction of sp³-hybridized carbons (Fsp3) is 0.143. The number of benzene rings is 1. The second-order valence-electron chi connectivity index (χ2n) is 3.92. The molecule has 0 unspecified atom stereocenters. The molecule has 5 nitrogen and oxygen atoms in total. The van der Waals surface area contributed by atoms with Gasteiger partial charge < -0.3 is 4.74 Å². The van der Waals surface area contributed by atoms with Crippen LogP contribution in [0.5, 0.6) is 5.75 Å². The Bertz CT molecular complexity index is 540. The highest BCUT2D eigenvalue weighted by molar-refractivity contribution is 5.95. The van der Waals surface area contributed by atoms with Crippen molar-refractivity contribution >= 4 is 11.7 Å². The standard InChI is InChI=1S/C14H15N3O2/c1-17(13-5-3-4-10-15-13)16-14(18)11-6-8-12(19-2)9-7-11/h3-10H,1-2H3,(H,16,18). The Balaban J connectivity index is 2.04. The molecule has 1 N–H and O–H groups in total. The molecule has 19 heavy (non-hydrogen) atoms. The van der Waals surface area contributed by atoms with Gasteiger partial charge in [0.1, 0.15) is 11.6 Å². The average Bonchev–Trinajstić information content (AvgIpc) is 2.48. The van der Waals surface area contributed by atoms with Crippen molar-refractivity contribution in [3.05, 3.63) is 54.2 Å². The van der Waals surface area contributed by atoms with E-state index in [-0.39, 0.29) is 5.91 Å². The van der Waals surface area contributed by atoms with Crippen LogP contribution < -0.4 is 15.2 Å². The van der Waals surface area contributed by atoms with Crippen LogP contribution in [0.2, 0.25) is 0 Å². The minimum absolute atomic E-state index is 0.198. The lowest BCUT2D eigenvalue weighted by Gasteiger charge is -2.18. The highest BCUT2D eigenvalue weighted by Crippen LogP contribution is 2.11. The molecule has 0 saturated heterocycles. The predicted octanol–water partition coefficient (Wildman–Crippen LogP) is 1.87. The molecule has 0 fully saturated rings. The van der Waals surface area contributed by atoms with Crippen LogP contribution in [0.4, 0.5) is 5.82 Å². The molecule has 1 heterocycles. The summed E-state index contributed by atoms with van der Waals surface area (Å²) in [5, 5.41) is 1.58. The Morgan fingerprint density at radius 2 is 1.95 bits per heavy atom. The highest BCUT2D eigenvalue weighted by Gasteiger charge is 2.09. The number of aromatic nitrogens is 1. The molecule has 5 heteroatoms. The number of hydrogen-bond donors (Lipinski definition) is 1. The first-order chi connectivity index (χ1) is 9.20. The van der Waals surface area contributed by atoms with Gasteiger partial charge in [-0.2, -0.15) is 0 Å². The molecular weight excluding hydrogens is 242 g/mol. The van der Waals surface area contributed by atoms with Crippen LogP contribution in [-0.4, -0.2) is 25.0 Å². The van der Waals surface area contributed by atoms with Gasteiger partial charge in [-0.25, -0.2) is 4.98 Å². The van der Waals surface area contributed by atoms with Crippen LogP contribution in [0.25, 0.3) is 0 Å². The van der Waals surface area contributed by atoms with Gasteiger partial charge in [-0.3, -0.25) is 15.2 Å². The third-order valence-electron chi connectivity index (χ3n) is 2.61. The summed E-state index contributed by atoms with van der Waals surface area (Å²) in [7, 11) is 3.33. The van der Waals surface area contributed by atoms with Gasteiger partial charge in [-0.15, -0.1) is 0 Å². The van der Waals surface area contributed by atoms with Crippen LogP contribution >= 0.6 is 0 Å². The Morgan fingerprint density at radius 1 is 1.21 bits per heavy atom. The number of nitrogens with zero attached hydrogens (tertiary/aromatic N) is 2.